The Morgan fingerprint density at radius 2 is 1.60 bits per heavy atom. The second-order valence-electron chi connectivity index (χ2n) is 9.62. The molecule has 30 heavy (non-hydrogen) atoms. The summed E-state index contributed by atoms with van der Waals surface area (Å²) >= 11 is 0. The Morgan fingerprint density at radius 3 is 2.13 bits per heavy atom. The number of nitrogens with zero attached hydrogens (tertiary/aromatic N) is 1. The molecule has 1 saturated carbocycles. The SMILES string of the molecule is CC(C)C12CN(C(=O)OCC3c4ccccc4-c4ccccc43)CC(C(=O)O)(C1)C2. The minimum atomic E-state index is -0.811. The van der Waals surface area contributed by atoms with E-state index in [1.54, 1.807) is 4.90 Å². The molecule has 5 heteroatoms. The first-order chi connectivity index (χ1) is 14.4. The monoisotopic (exact) mass is 405 g/mol. The Kier molecular flexibility index (Phi) is 4.21. The molecule has 3 fully saturated rings. The molecule has 156 valence electrons. The van der Waals surface area contributed by atoms with Gasteiger partial charge in [-0.15, -0.1) is 0 Å². The molecule has 2 aliphatic heterocycles. The highest BCUT2D eigenvalue weighted by Crippen LogP contribution is 2.62. The number of hydrogen-bond acceptors (Lipinski definition) is 3. The molecule has 0 unspecified atom stereocenters. The molecule has 0 radical (unpaired) electrons. The third-order valence-electron chi connectivity index (χ3n) is 7.65. The largest absolute Gasteiger partial charge is 0.481 e. The minimum absolute atomic E-state index is 0.00756. The van der Waals surface area contributed by atoms with E-state index in [9.17, 15) is 14.7 Å². The average molecular weight is 405 g/mol. The molecule has 2 saturated heterocycles. The standard InChI is InChI=1S/C25H27NO4/c1-16(2)24-12-25(13-24,22(27)28)15-26(14-24)23(29)30-11-21-19-9-5-3-7-17(19)18-8-4-6-10-20(18)21/h3-10,16,21H,11-15H2,1-2H3,(H,27,28). The molecule has 1 N–H and O–H groups in total. The highest BCUT2D eigenvalue weighted by atomic mass is 16.6. The molecule has 5 nitrogen and oxygen atoms in total. The minimum Gasteiger partial charge on any atom is -0.481 e. The van der Waals surface area contributed by atoms with E-state index in [0.29, 0.717) is 25.3 Å². The van der Waals surface area contributed by atoms with Crippen molar-refractivity contribution in [3.63, 3.8) is 0 Å². The van der Waals surface area contributed by atoms with Crippen LogP contribution in [0.1, 0.15) is 43.7 Å². The van der Waals surface area contributed by atoms with Crippen LogP contribution in [0.3, 0.4) is 0 Å². The van der Waals surface area contributed by atoms with Crippen molar-refractivity contribution in [1.29, 1.82) is 0 Å². The van der Waals surface area contributed by atoms with Gasteiger partial charge in [-0.1, -0.05) is 62.4 Å². The molecule has 6 rings (SSSR count). The van der Waals surface area contributed by atoms with Crippen LogP contribution in [0, 0.1) is 16.7 Å². The number of fused-ring (bicyclic) bond motifs is 5. The Hall–Kier alpha value is -2.82. The number of ether oxygens (including phenoxy) is 1. The van der Waals surface area contributed by atoms with Gasteiger partial charge < -0.3 is 14.7 Å². The maximum absolute atomic E-state index is 13.0. The molecule has 2 aromatic carbocycles. The maximum atomic E-state index is 13.0. The molecule has 0 aromatic heterocycles. The van der Waals surface area contributed by atoms with Crippen molar-refractivity contribution < 1.29 is 19.4 Å². The number of amides is 1. The van der Waals surface area contributed by atoms with Gasteiger partial charge in [0.15, 0.2) is 0 Å². The van der Waals surface area contributed by atoms with Crippen LogP contribution in [0.4, 0.5) is 4.79 Å². The lowest BCUT2D eigenvalue weighted by Crippen LogP contribution is -2.68. The van der Waals surface area contributed by atoms with E-state index in [1.807, 2.05) is 24.3 Å². The van der Waals surface area contributed by atoms with Crippen molar-refractivity contribution in [2.24, 2.45) is 16.7 Å². The first-order valence-electron chi connectivity index (χ1n) is 10.7. The van der Waals surface area contributed by atoms with E-state index >= 15 is 0 Å². The first-order valence-corrected chi connectivity index (χ1v) is 10.7. The van der Waals surface area contributed by atoms with Crippen molar-refractivity contribution in [2.75, 3.05) is 19.7 Å². The number of carbonyl (C=O) groups excluding carboxylic acids is 1. The molecular weight excluding hydrogens is 378 g/mol. The van der Waals surface area contributed by atoms with Crippen LogP contribution in [-0.2, 0) is 9.53 Å². The Bertz CT molecular complexity index is 976. The van der Waals surface area contributed by atoms with E-state index in [0.717, 1.165) is 0 Å². The smallest absolute Gasteiger partial charge is 0.409 e. The fourth-order valence-corrected chi connectivity index (χ4v) is 5.95. The quantitative estimate of drug-likeness (QED) is 0.797. The summed E-state index contributed by atoms with van der Waals surface area (Å²) in [6, 6.07) is 16.5. The number of hydrogen-bond donors (Lipinski definition) is 1. The van der Waals surface area contributed by atoms with Gasteiger partial charge in [-0.3, -0.25) is 4.79 Å². The average Bonchev–Trinajstić information content (AvgIpc) is 3.05. The van der Waals surface area contributed by atoms with Crippen molar-refractivity contribution in [1.82, 2.24) is 4.90 Å². The van der Waals surface area contributed by atoms with Gasteiger partial charge in [0.05, 0.1) is 5.41 Å². The number of carboxylic acid groups (broad SMARTS) is 1. The number of piperidine rings is 2. The Labute approximate surface area is 176 Å². The van der Waals surface area contributed by atoms with Crippen LogP contribution in [-0.4, -0.2) is 41.8 Å². The fourth-order valence-electron chi connectivity index (χ4n) is 5.95. The van der Waals surface area contributed by atoms with E-state index in [4.69, 9.17) is 4.74 Å². The number of aliphatic carboxylic acids is 1. The Balaban J connectivity index is 1.34. The zero-order valence-electron chi connectivity index (χ0n) is 17.4. The number of carboxylic acids is 1. The van der Waals surface area contributed by atoms with Crippen LogP contribution >= 0.6 is 0 Å². The molecule has 0 atom stereocenters. The molecule has 2 bridgehead atoms. The van der Waals surface area contributed by atoms with Gasteiger partial charge in [-0.05, 0) is 46.4 Å². The summed E-state index contributed by atoms with van der Waals surface area (Å²) in [6.45, 7) is 5.32. The second-order valence-corrected chi connectivity index (χ2v) is 9.62. The van der Waals surface area contributed by atoms with E-state index in [1.165, 1.54) is 22.3 Å². The van der Waals surface area contributed by atoms with Gasteiger partial charge in [-0.25, -0.2) is 4.79 Å². The van der Waals surface area contributed by atoms with Gasteiger partial charge in [0.2, 0.25) is 0 Å². The fraction of sp³-hybridized carbons (Fsp3) is 0.440. The topological polar surface area (TPSA) is 66.8 Å². The molecule has 4 aliphatic rings. The molecular formula is C25H27NO4. The highest BCUT2D eigenvalue weighted by Gasteiger charge is 2.65. The lowest BCUT2D eigenvalue weighted by molar-refractivity contribution is -0.191. The molecule has 2 heterocycles. The second kappa shape index (κ2) is 6.59. The van der Waals surface area contributed by atoms with Crippen LogP contribution < -0.4 is 0 Å². The first kappa shape index (κ1) is 19.2. The summed E-state index contributed by atoms with van der Waals surface area (Å²) in [6.07, 6.45) is 0.909. The van der Waals surface area contributed by atoms with Crippen molar-refractivity contribution >= 4 is 12.1 Å². The summed E-state index contributed by atoms with van der Waals surface area (Å²) < 4.78 is 5.79. The van der Waals surface area contributed by atoms with Crippen LogP contribution in [0.25, 0.3) is 11.1 Å². The number of benzene rings is 2. The van der Waals surface area contributed by atoms with Gasteiger partial charge in [0, 0.05) is 19.0 Å². The van der Waals surface area contributed by atoms with Crippen LogP contribution in [0.15, 0.2) is 48.5 Å². The number of carbonyl (C=O) groups is 2. The summed E-state index contributed by atoms with van der Waals surface area (Å²) in [5.41, 5.74) is 3.81. The summed E-state index contributed by atoms with van der Waals surface area (Å²) in [4.78, 5) is 26.5. The zero-order chi connectivity index (χ0) is 21.1. The van der Waals surface area contributed by atoms with Crippen molar-refractivity contribution in [3.8, 4) is 11.1 Å². The molecule has 1 amide bonds. The summed E-state index contributed by atoms with van der Waals surface area (Å²) in [5.74, 6) is -0.461. The maximum Gasteiger partial charge on any atom is 0.409 e. The predicted octanol–water partition coefficient (Wildman–Crippen LogP) is 4.76. The third kappa shape index (κ3) is 2.68. The van der Waals surface area contributed by atoms with Crippen molar-refractivity contribution in [2.45, 2.75) is 32.6 Å². The van der Waals surface area contributed by atoms with Crippen molar-refractivity contribution in [3.05, 3.63) is 59.7 Å². The van der Waals surface area contributed by atoms with Gasteiger partial charge in [0.1, 0.15) is 6.61 Å². The highest BCUT2D eigenvalue weighted by molar-refractivity contribution is 5.80. The molecule has 0 spiro atoms. The van der Waals surface area contributed by atoms with Gasteiger partial charge in [-0.2, -0.15) is 0 Å². The Morgan fingerprint density at radius 1 is 1.03 bits per heavy atom. The molecule has 2 aliphatic carbocycles. The summed E-state index contributed by atoms with van der Waals surface area (Å²) in [5, 5.41) is 9.77. The van der Waals surface area contributed by atoms with E-state index < -0.39 is 17.5 Å². The summed E-state index contributed by atoms with van der Waals surface area (Å²) in [7, 11) is 0. The normalized spacial score (nSPS) is 26.7. The zero-order valence-corrected chi connectivity index (χ0v) is 17.4. The van der Waals surface area contributed by atoms with Crippen LogP contribution in [0.5, 0.6) is 0 Å². The van der Waals surface area contributed by atoms with E-state index in [2.05, 4.69) is 38.1 Å². The number of rotatable bonds is 4. The van der Waals surface area contributed by atoms with Gasteiger partial charge in [0.25, 0.3) is 0 Å². The lowest BCUT2D eigenvalue weighted by atomic mass is 9.46. The third-order valence-corrected chi connectivity index (χ3v) is 7.65. The lowest BCUT2D eigenvalue weighted by Gasteiger charge is -2.63. The predicted molar refractivity (Wildman–Crippen MR) is 113 cm³/mol. The van der Waals surface area contributed by atoms with Gasteiger partial charge >= 0.3 is 12.1 Å². The molecule has 2 aromatic rings. The van der Waals surface area contributed by atoms with E-state index in [-0.39, 0.29) is 24.5 Å². The van der Waals surface area contributed by atoms with Crippen LogP contribution in [0.2, 0.25) is 0 Å².